The van der Waals surface area contributed by atoms with Crippen LogP contribution in [0.15, 0.2) is 33.9 Å². The van der Waals surface area contributed by atoms with Crippen LogP contribution in [0, 0.1) is 13.8 Å². The van der Waals surface area contributed by atoms with Crippen molar-refractivity contribution >= 4 is 41.2 Å². The third kappa shape index (κ3) is 4.54. The molecular formula is C26H29ClN8O2S. The van der Waals surface area contributed by atoms with Gasteiger partial charge in [0.05, 0.1) is 6.54 Å². The summed E-state index contributed by atoms with van der Waals surface area (Å²) in [5.74, 6) is 1.39. The normalized spacial score (nSPS) is 12.6. The van der Waals surface area contributed by atoms with Crippen LogP contribution in [0.4, 0.5) is 0 Å². The monoisotopic (exact) mass is 552 g/mol. The summed E-state index contributed by atoms with van der Waals surface area (Å²) in [6.07, 6.45) is 3.09. The summed E-state index contributed by atoms with van der Waals surface area (Å²) in [6, 6.07) is 7.17. The van der Waals surface area contributed by atoms with Gasteiger partial charge in [0.15, 0.2) is 17.0 Å². The molecule has 4 aromatic heterocycles. The number of nitrogens with one attached hydrogen (secondary N) is 1. The molecule has 1 atom stereocenters. The molecule has 4 heterocycles. The number of nitrogens with zero attached hydrogens (tertiary/aromatic N) is 7. The van der Waals surface area contributed by atoms with Gasteiger partial charge in [-0.1, -0.05) is 37.1 Å². The zero-order valence-corrected chi connectivity index (χ0v) is 23.3. The number of aromatic nitrogens is 8. The quantitative estimate of drug-likeness (QED) is 0.281. The lowest BCUT2D eigenvalue weighted by molar-refractivity contribution is 0.711. The molecule has 12 heteroatoms. The maximum absolute atomic E-state index is 12.9. The number of hydrogen-bond acceptors (Lipinski definition) is 7. The largest absolute Gasteiger partial charge is 0.330 e. The van der Waals surface area contributed by atoms with E-state index in [1.165, 1.54) is 10.1 Å². The Hall–Kier alpha value is -3.44. The lowest BCUT2D eigenvalue weighted by atomic mass is 10.1. The standard InChI is InChI=1S/C26H29ClN8O2S/c1-5-7-8-18-14(3)28-25-29-21(32-35(25)15(18)4)20(38)23-30-22-19(33(23)6-2)24(36)31-26(37)34(22)13-16-9-11-17(27)12-10-16/h9-12,20,38H,5-8,13H2,1-4H3,(H,31,36,37). The molecule has 1 N–H and O–H groups in total. The Kier molecular flexibility index (Phi) is 7.15. The Labute approximate surface area is 229 Å². The van der Waals surface area contributed by atoms with Crippen molar-refractivity contribution in [2.75, 3.05) is 0 Å². The van der Waals surface area contributed by atoms with E-state index in [2.05, 4.69) is 21.9 Å². The fourth-order valence-corrected chi connectivity index (χ4v) is 5.24. The second-order valence-electron chi connectivity index (χ2n) is 9.31. The van der Waals surface area contributed by atoms with E-state index in [0.29, 0.717) is 34.5 Å². The first-order valence-electron chi connectivity index (χ1n) is 12.6. The summed E-state index contributed by atoms with van der Waals surface area (Å²) < 4.78 is 4.95. The number of hydrogen-bond donors (Lipinski definition) is 2. The SMILES string of the molecule is CCCCc1c(C)nc2nc(C(S)c3nc4c(c(=O)[nH]c(=O)n4Cc4ccc(Cl)cc4)n3CC)nn2c1C. The van der Waals surface area contributed by atoms with Crippen LogP contribution in [0.3, 0.4) is 0 Å². The van der Waals surface area contributed by atoms with E-state index in [-0.39, 0.29) is 12.2 Å². The van der Waals surface area contributed by atoms with Crippen molar-refractivity contribution in [2.45, 2.75) is 65.3 Å². The maximum Gasteiger partial charge on any atom is 0.330 e. The van der Waals surface area contributed by atoms with E-state index in [0.717, 1.165) is 36.2 Å². The van der Waals surface area contributed by atoms with Crippen LogP contribution < -0.4 is 11.2 Å². The first-order valence-corrected chi connectivity index (χ1v) is 13.5. The molecule has 10 nitrogen and oxygen atoms in total. The van der Waals surface area contributed by atoms with Gasteiger partial charge in [0, 0.05) is 23.0 Å². The van der Waals surface area contributed by atoms with Crippen molar-refractivity contribution in [1.82, 2.24) is 38.7 Å². The zero-order valence-electron chi connectivity index (χ0n) is 21.7. The van der Waals surface area contributed by atoms with Crippen LogP contribution in [0.2, 0.25) is 5.02 Å². The predicted molar refractivity (Wildman–Crippen MR) is 151 cm³/mol. The molecule has 0 bridgehead atoms. The van der Waals surface area contributed by atoms with Crippen molar-refractivity contribution in [3.8, 4) is 0 Å². The Balaban J connectivity index is 1.63. The fraction of sp³-hybridized carbons (Fsp3) is 0.385. The second-order valence-corrected chi connectivity index (χ2v) is 10.3. The molecule has 38 heavy (non-hydrogen) atoms. The third-order valence-corrected chi connectivity index (χ3v) is 7.53. The minimum Gasteiger partial charge on any atom is -0.321 e. The number of rotatable bonds is 8. The minimum atomic E-state index is -0.652. The number of H-pyrrole nitrogens is 1. The molecule has 1 aromatic carbocycles. The number of imidazole rings is 1. The topological polar surface area (TPSA) is 116 Å². The van der Waals surface area contributed by atoms with Gasteiger partial charge in [-0.3, -0.25) is 14.3 Å². The first kappa shape index (κ1) is 26.2. The molecule has 0 fully saturated rings. The molecule has 5 rings (SSSR count). The second kappa shape index (κ2) is 10.4. The number of aryl methyl sites for hydroxylation is 3. The van der Waals surface area contributed by atoms with Crippen molar-refractivity contribution in [2.24, 2.45) is 0 Å². The fourth-order valence-electron chi connectivity index (χ4n) is 4.81. The van der Waals surface area contributed by atoms with Crippen molar-refractivity contribution in [3.63, 3.8) is 0 Å². The Bertz CT molecular complexity index is 1770. The highest BCUT2D eigenvalue weighted by molar-refractivity contribution is 7.80. The molecule has 0 aliphatic rings. The number of benzene rings is 1. The van der Waals surface area contributed by atoms with Crippen LogP contribution in [0.25, 0.3) is 16.9 Å². The van der Waals surface area contributed by atoms with Gasteiger partial charge in [-0.15, -0.1) is 5.10 Å². The first-order chi connectivity index (χ1) is 18.2. The molecule has 0 saturated heterocycles. The molecule has 0 aliphatic heterocycles. The Morgan fingerprint density at radius 1 is 1.05 bits per heavy atom. The summed E-state index contributed by atoms with van der Waals surface area (Å²) in [5, 5.41) is 4.67. The summed E-state index contributed by atoms with van der Waals surface area (Å²) in [6.45, 7) is 8.75. The van der Waals surface area contributed by atoms with Gasteiger partial charge >= 0.3 is 5.69 Å². The number of aromatic amines is 1. The maximum atomic E-state index is 12.9. The van der Waals surface area contributed by atoms with Gasteiger partial charge in [-0.2, -0.15) is 17.6 Å². The van der Waals surface area contributed by atoms with E-state index >= 15 is 0 Å². The molecule has 198 valence electrons. The summed E-state index contributed by atoms with van der Waals surface area (Å²) in [4.78, 5) is 42.3. The van der Waals surface area contributed by atoms with Gasteiger partial charge in [0.2, 0.25) is 0 Å². The van der Waals surface area contributed by atoms with Gasteiger partial charge in [0.25, 0.3) is 11.3 Å². The summed E-state index contributed by atoms with van der Waals surface area (Å²) >= 11 is 10.9. The number of fused-ring (bicyclic) bond motifs is 2. The van der Waals surface area contributed by atoms with Gasteiger partial charge < -0.3 is 4.57 Å². The zero-order chi connectivity index (χ0) is 27.1. The Morgan fingerprint density at radius 3 is 2.47 bits per heavy atom. The van der Waals surface area contributed by atoms with Crippen LogP contribution in [-0.2, 0) is 19.5 Å². The van der Waals surface area contributed by atoms with Crippen molar-refractivity contribution < 1.29 is 0 Å². The molecule has 1 unspecified atom stereocenters. The average molecular weight is 553 g/mol. The molecule has 0 saturated carbocycles. The molecule has 0 amide bonds. The Morgan fingerprint density at radius 2 is 1.79 bits per heavy atom. The molecule has 0 aliphatic carbocycles. The van der Waals surface area contributed by atoms with Crippen molar-refractivity contribution in [1.29, 1.82) is 0 Å². The highest BCUT2D eigenvalue weighted by atomic mass is 35.5. The molecule has 0 radical (unpaired) electrons. The van der Waals surface area contributed by atoms with Crippen molar-refractivity contribution in [3.05, 3.63) is 84.3 Å². The van der Waals surface area contributed by atoms with E-state index in [1.54, 1.807) is 21.2 Å². The highest BCUT2D eigenvalue weighted by Gasteiger charge is 2.26. The molecular weight excluding hydrogens is 524 g/mol. The number of unbranched alkanes of at least 4 members (excludes halogenated alkanes) is 1. The van der Waals surface area contributed by atoms with Gasteiger partial charge in [0.1, 0.15) is 11.1 Å². The average Bonchev–Trinajstić information content (AvgIpc) is 3.49. The summed E-state index contributed by atoms with van der Waals surface area (Å²) in [5.41, 5.74) is 3.49. The van der Waals surface area contributed by atoms with E-state index in [1.807, 2.05) is 32.9 Å². The third-order valence-electron chi connectivity index (χ3n) is 6.82. The van der Waals surface area contributed by atoms with Crippen LogP contribution in [-0.4, -0.2) is 38.7 Å². The number of halogens is 1. The summed E-state index contributed by atoms with van der Waals surface area (Å²) in [7, 11) is 0. The molecule has 0 spiro atoms. The van der Waals surface area contributed by atoms with E-state index < -0.39 is 16.5 Å². The highest BCUT2D eigenvalue weighted by Crippen LogP contribution is 2.28. The van der Waals surface area contributed by atoms with E-state index in [9.17, 15) is 9.59 Å². The predicted octanol–water partition coefficient (Wildman–Crippen LogP) is 4.02. The minimum absolute atomic E-state index is 0.218. The van der Waals surface area contributed by atoms with Crippen LogP contribution >= 0.6 is 24.2 Å². The lowest BCUT2D eigenvalue weighted by Gasteiger charge is -2.10. The lowest BCUT2D eigenvalue weighted by Crippen LogP contribution is -2.31. The van der Waals surface area contributed by atoms with Crippen LogP contribution in [0.5, 0.6) is 0 Å². The molecule has 5 aromatic rings. The van der Waals surface area contributed by atoms with Crippen LogP contribution in [0.1, 0.15) is 66.1 Å². The van der Waals surface area contributed by atoms with E-state index in [4.69, 9.17) is 34.3 Å². The smallest absolute Gasteiger partial charge is 0.321 e. The number of thiol groups is 1. The van der Waals surface area contributed by atoms with Gasteiger partial charge in [-0.25, -0.2) is 19.3 Å². The van der Waals surface area contributed by atoms with Gasteiger partial charge in [-0.05, 0) is 56.9 Å².